The molecule has 0 unspecified atom stereocenters. The molecular formula is C36H30ClNP2. The lowest BCUT2D eigenvalue weighted by atomic mass is 10.3. The molecule has 0 aliphatic rings. The Hall–Kier alpha value is -3.73. The van der Waals surface area contributed by atoms with Crippen LogP contribution in [0, 0.1) is 0 Å². The number of para-hydroxylation sites is 1. The van der Waals surface area contributed by atoms with Crippen LogP contribution in [0.4, 0.5) is 5.69 Å². The van der Waals surface area contributed by atoms with E-state index in [0.717, 1.165) is 0 Å². The Morgan fingerprint density at radius 1 is 0.350 bits per heavy atom. The first-order chi connectivity index (χ1) is 19.4. The van der Waals surface area contributed by atoms with Gasteiger partial charge in [0.2, 0.25) is 13.8 Å². The number of benzene rings is 6. The van der Waals surface area contributed by atoms with Crippen molar-refractivity contribution in [3.05, 3.63) is 182 Å². The number of halogens is 1. The molecule has 0 saturated heterocycles. The first kappa shape index (κ1) is 27.8. The van der Waals surface area contributed by atoms with Crippen molar-refractivity contribution in [2.45, 2.75) is 0 Å². The highest BCUT2D eigenvalue weighted by molar-refractivity contribution is 7.88. The molecule has 1 nitrogen and oxygen atoms in total. The van der Waals surface area contributed by atoms with Crippen molar-refractivity contribution in [2.24, 2.45) is 0 Å². The predicted molar refractivity (Wildman–Crippen MR) is 171 cm³/mol. The Morgan fingerprint density at radius 2 is 0.625 bits per heavy atom. The molecule has 0 N–H and O–H groups in total. The lowest BCUT2D eigenvalue weighted by Gasteiger charge is -2.30. The van der Waals surface area contributed by atoms with Crippen molar-refractivity contribution in [2.75, 3.05) is 0 Å². The van der Waals surface area contributed by atoms with Crippen LogP contribution >= 0.6 is 15.1 Å². The molecule has 0 aromatic heterocycles. The van der Waals surface area contributed by atoms with E-state index in [0.29, 0.717) is 0 Å². The van der Waals surface area contributed by atoms with Gasteiger partial charge in [0.15, 0.2) is 7.05 Å². The highest BCUT2D eigenvalue weighted by Crippen LogP contribution is 2.57. The summed E-state index contributed by atoms with van der Waals surface area (Å²) < 4.78 is 2.80. The van der Waals surface area contributed by atoms with Gasteiger partial charge in [-0.1, -0.05) is 109 Å². The van der Waals surface area contributed by atoms with E-state index in [2.05, 4.69) is 186 Å². The van der Waals surface area contributed by atoms with Gasteiger partial charge < -0.3 is 12.4 Å². The fourth-order valence-corrected chi connectivity index (χ4v) is 13.7. The Labute approximate surface area is 245 Å². The minimum Gasteiger partial charge on any atom is -1.00 e. The fourth-order valence-electron chi connectivity index (χ4n) is 5.20. The largest absolute Gasteiger partial charge is 1.00 e. The zero-order valence-corrected chi connectivity index (χ0v) is 24.6. The van der Waals surface area contributed by atoms with Gasteiger partial charge in [-0.15, -0.1) is 0 Å². The molecule has 0 heterocycles. The summed E-state index contributed by atoms with van der Waals surface area (Å²) in [6, 6.07) is 66.6. The molecule has 0 saturated carbocycles. The van der Waals surface area contributed by atoms with E-state index in [-0.39, 0.29) is 12.4 Å². The summed E-state index contributed by atoms with van der Waals surface area (Å²) in [6.07, 6.45) is 0. The van der Waals surface area contributed by atoms with Gasteiger partial charge in [-0.25, -0.2) is 0 Å². The van der Waals surface area contributed by atoms with Gasteiger partial charge in [0.05, 0.1) is 0 Å². The van der Waals surface area contributed by atoms with Crippen molar-refractivity contribution in [3.8, 4) is 0 Å². The zero-order valence-electron chi connectivity index (χ0n) is 22.0. The molecule has 0 fully saturated rings. The summed E-state index contributed by atoms with van der Waals surface area (Å²) in [5.41, 5.74) is 1.22. The first-order valence-corrected chi connectivity index (χ1v) is 16.2. The summed E-state index contributed by atoms with van der Waals surface area (Å²) in [4.78, 5) is 0. The summed E-state index contributed by atoms with van der Waals surface area (Å²) in [7, 11) is -3.38. The van der Waals surface area contributed by atoms with Crippen LogP contribution in [0.15, 0.2) is 182 Å². The highest BCUT2D eigenvalue weighted by atomic mass is 35.5. The molecule has 6 aromatic carbocycles. The first-order valence-electron chi connectivity index (χ1n) is 13.2. The van der Waals surface area contributed by atoms with E-state index in [1.165, 1.54) is 32.2 Å². The number of nitrogens with zero attached hydrogens (tertiary/aromatic N) is 1. The topological polar surface area (TPSA) is 3.01 Å². The monoisotopic (exact) mass is 573 g/mol. The molecule has 6 aromatic rings. The number of hydrogen-bond donors (Lipinski definition) is 0. The second kappa shape index (κ2) is 13.1. The summed E-state index contributed by atoms with van der Waals surface area (Å²) in [5, 5.41) is 6.67. The molecule has 4 heteroatoms. The maximum atomic E-state index is 2.80. The van der Waals surface area contributed by atoms with Gasteiger partial charge in [0.1, 0.15) is 0 Å². The third-order valence-electron chi connectivity index (χ3n) is 6.85. The fraction of sp³-hybridized carbons (Fsp3) is 0. The van der Waals surface area contributed by atoms with Crippen LogP contribution in [0.3, 0.4) is 0 Å². The molecule has 0 bridgehead atoms. The van der Waals surface area contributed by atoms with E-state index in [4.69, 9.17) is 0 Å². The average molecular weight is 574 g/mol. The van der Waals surface area contributed by atoms with Gasteiger partial charge in [-0.05, 0) is 60.7 Å². The molecule has 0 aliphatic heterocycles. The second-order valence-corrected chi connectivity index (χ2v) is 14.8. The van der Waals surface area contributed by atoms with Crippen LogP contribution in [-0.2, 0) is 0 Å². The van der Waals surface area contributed by atoms with Gasteiger partial charge >= 0.3 is 0 Å². The molecule has 6 rings (SSSR count). The van der Waals surface area contributed by atoms with Crippen molar-refractivity contribution < 1.29 is 16.5 Å². The Morgan fingerprint density at radius 3 is 0.950 bits per heavy atom. The quantitative estimate of drug-likeness (QED) is 0.246. The molecule has 0 radical (unpaired) electrons. The van der Waals surface area contributed by atoms with Gasteiger partial charge in [0.25, 0.3) is 0 Å². The maximum Gasteiger partial charge on any atom is 0.247 e. The van der Waals surface area contributed by atoms with Gasteiger partial charge in [-0.3, -0.25) is 0 Å². The average Bonchev–Trinajstić information content (AvgIpc) is 3.04. The molecule has 0 aliphatic carbocycles. The third-order valence-corrected chi connectivity index (χ3v) is 14.3. The maximum absolute atomic E-state index is 2.80. The van der Waals surface area contributed by atoms with Gasteiger partial charge in [-0.2, -0.15) is 4.10 Å². The van der Waals surface area contributed by atoms with Crippen LogP contribution in [0.1, 0.15) is 0 Å². The standard InChI is InChI=1S/C36H30NP2.ClH/c1-7-19-31(20-8-1)37(38(32-21-9-2-10-22-32)33-23-11-3-12-24-33)39(34-25-13-4-14-26-34,35-27-15-5-16-28-35)36-29-17-6-18-30-36;/h1-30H;1H/q+1;/p-1. The lowest BCUT2D eigenvalue weighted by molar-refractivity contribution is -0.225. The molecule has 196 valence electrons. The van der Waals surface area contributed by atoms with E-state index in [9.17, 15) is 0 Å². The van der Waals surface area contributed by atoms with Crippen molar-refractivity contribution >= 4 is 47.3 Å². The summed E-state index contributed by atoms with van der Waals surface area (Å²) in [6.45, 7) is 0. The minimum atomic E-state index is -2.41. The Balaban J connectivity index is 0.00000323. The minimum absolute atomic E-state index is 0. The molecule has 0 amide bonds. The van der Waals surface area contributed by atoms with Crippen LogP contribution in [0.2, 0.25) is 0 Å². The molecular weight excluding hydrogens is 544 g/mol. The normalized spacial score (nSPS) is 11.0. The smallest absolute Gasteiger partial charge is 0.247 e. The van der Waals surface area contributed by atoms with E-state index < -0.39 is 15.1 Å². The second-order valence-electron chi connectivity index (χ2n) is 9.25. The summed E-state index contributed by atoms with van der Waals surface area (Å²) in [5.74, 6) is 0. The van der Waals surface area contributed by atoms with Gasteiger partial charge in [0, 0.05) is 38.7 Å². The third kappa shape index (κ3) is 5.34. The van der Waals surface area contributed by atoms with Crippen molar-refractivity contribution in [3.63, 3.8) is 0 Å². The molecule has 40 heavy (non-hydrogen) atoms. The van der Waals surface area contributed by atoms with Crippen LogP contribution < -0.4 is 38.9 Å². The Kier molecular flexibility index (Phi) is 9.10. The van der Waals surface area contributed by atoms with Crippen LogP contribution in [0.5, 0.6) is 0 Å². The van der Waals surface area contributed by atoms with Crippen molar-refractivity contribution in [1.82, 2.24) is 0 Å². The Bertz CT molecular complexity index is 1530. The van der Waals surface area contributed by atoms with E-state index in [1.807, 2.05) is 0 Å². The lowest BCUT2D eigenvalue weighted by Crippen LogP contribution is -3.00. The predicted octanol–water partition coefficient (Wildman–Crippen LogP) is 4.56. The van der Waals surface area contributed by atoms with Crippen LogP contribution in [-0.4, -0.2) is 4.10 Å². The van der Waals surface area contributed by atoms with Crippen LogP contribution in [0.25, 0.3) is 0 Å². The van der Waals surface area contributed by atoms with Crippen molar-refractivity contribution in [1.29, 1.82) is 0 Å². The molecule has 0 atom stereocenters. The highest BCUT2D eigenvalue weighted by Gasteiger charge is 2.43. The SMILES string of the molecule is [Cl-].c1ccc([N+](P(c2ccccc2)c2ccccc2)=P(c2ccccc2)(c2ccccc2)c2ccccc2)cc1. The number of hydrogen-bond acceptors (Lipinski definition) is 0. The van der Waals surface area contributed by atoms with E-state index >= 15 is 0 Å². The molecule has 0 spiro atoms. The van der Waals surface area contributed by atoms with E-state index in [1.54, 1.807) is 0 Å². The number of rotatable bonds is 7. The zero-order chi connectivity index (χ0) is 26.3. The summed E-state index contributed by atoms with van der Waals surface area (Å²) >= 11 is 0.